The second-order valence-electron chi connectivity index (χ2n) is 3.42. The zero-order chi connectivity index (χ0) is 8.32. The minimum Gasteiger partial charge on any atom is -0.396 e. The Morgan fingerprint density at radius 2 is 2.27 bits per heavy atom. The number of rotatable bonds is 3. The molecule has 1 saturated carbocycles. The van der Waals surface area contributed by atoms with E-state index in [4.69, 9.17) is 5.11 Å². The molecular formula is C7H14BNO2. The second-order valence-corrected chi connectivity index (χ2v) is 3.42. The van der Waals surface area contributed by atoms with Gasteiger partial charge in [0.1, 0.15) is 0 Å². The van der Waals surface area contributed by atoms with Gasteiger partial charge in [-0.3, -0.25) is 4.79 Å². The molecule has 1 aliphatic rings. The summed E-state index contributed by atoms with van der Waals surface area (Å²) in [5, 5.41) is 11.7. The topological polar surface area (TPSA) is 49.3 Å². The lowest BCUT2D eigenvalue weighted by Crippen LogP contribution is -2.44. The van der Waals surface area contributed by atoms with Crippen LogP contribution in [-0.4, -0.2) is 31.9 Å². The lowest BCUT2D eigenvalue weighted by molar-refractivity contribution is 0.0480. The third kappa shape index (κ3) is 1.96. The molecule has 0 saturated heterocycles. The predicted octanol–water partition coefficient (Wildman–Crippen LogP) is -0.508. The molecule has 1 rings (SSSR count). The van der Waals surface area contributed by atoms with Crippen molar-refractivity contribution < 1.29 is 9.90 Å². The van der Waals surface area contributed by atoms with Gasteiger partial charge in [-0.15, -0.1) is 0 Å². The Balaban J connectivity index is 2.27. The molecule has 0 atom stereocenters. The molecule has 3 nitrogen and oxygen atoms in total. The van der Waals surface area contributed by atoms with E-state index in [9.17, 15) is 4.79 Å². The van der Waals surface area contributed by atoms with Gasteiger partial charge in [-0.25, -0.2) is 0 Å². The van der Waals surface area contributed by atoms with Gasteiger partial charge >= 0.3 is 0 Å². The van der Waals surface area contributed by atoms with Gasteiger partial charge in [-0.05, 0) is 12.8 Å². The van der Waals surface area contributed by atoms with E-state index in [0.29, 0.717) is 6.54 Å². The summed E-state index contributed by atoms with van der Waals surface area (Å²) in [7, 11) is 1.50. The number of amides is 1. The summed E-state index contributed by atoms with van der Waals surface area (Å²) in [4.78, 5) is 10.6. The fourth-order valence-electron chi connectivity index (χ4n) is 1.38. The number of hydrogen-bond donors (Lipinski definition) is 2. The van der Waals surface area contributed by atoms with Crippen LogP contribution in [0.5, 0.6) is 0 Å². The molecule has 0 unspecified atom stereocenters. The summed E-state index contributed by atoms with van der Waals surface area (Å²) >= 11 is 0. The van der Waals surface area contributed by atoms with Gasteiger partial charge in [-0.1, -0.05) is 6.42 Å². The first-order valence-electron chi connectivity index (χ1n) is 4.04. The number of hydrogen-bond acceptors (Lipinski definition) is 2. The van der Waals surface area contributed by atoms with Crippen molar-refractivity contribution in [1.29, 1.82) is 0 Å². The molecule has 0 aliphatic heterocycles. The Morgan fingerprint density at radius 3 is 2.55 bits per heavy atom. The summed E-state index contributed by atoms with van der Waals surface area (Å²) in [6.07, 6.45) is 3.27. The van der Waals surface area contributed by atoms with Crippen molar-refractivity contribution in [2.24, 2.45) is 5.41 Å². The average Bonchev–Trinajstić information content (AvgIpc) is 1.86. The Hall–Kier alpha value is -0.505. The highest BCUT2D eigenvalue weighted by Gasteiger charge is 2.35. The zero-order valence-corrected chi connectivity index (χ0v) is 6.89. The van der Waals surface area contributed by atoms with Crippen LogP contribution in [0.15, 0.2) is 0 Å². The molecule has 4 heteroatoms. The maximum Gasteiger partial charge on any atom is 0.215 e. The standard InChI is InChI=1S/C7H14BNO2/c8-6(11)9-4-7(5-10)2-1-3-7/h10H,1-5,8H2,(H,9,11). The van der Waals surface area contributed by atoms with Crippen LogP contribution >= 0.6 is 0 Å². The van der Waals surface area contributed by atoms with Gasteiger partial charge in [0, 0.05) is 12.0 Å². The molecule has 2 N–H and O–H groups in total. The minimum atomic E-state index is -0.00951. The molecule has 0 heterocycles. The van der Waals surface area contributed by atoms with E-state index in [2.05, 4.69) is 5.32 Å². The van der Waals surface area contributed by atoms with Gasteiger partial charge in [0.25, 0.3) is 0 Å². The molecule has 1 amide bonds. The number of carbonyl (C=O) groups excluding carboxylic acids is 1. The van der Waals surface area contributed by atoms with Crippen molar-refractivity contribution in [3.05, 3.63) is 0 Å². The Kier molecular flexibility index (Phi) is 2.55. The van der Waals surface area contributed by atoms with Gasteiger partial charge in [0.15, 0.2) is 5.81 Å². The molecular weight excluding hydrogens is 141 g/mol. The zero-order valence-electron chi connectivity index (χ0n) is 6.89. The summed E-state index contributed by atoms with van der Waals surface area (Å²) < 4.78 is 0. The lowest BCUT2D eigenvalue weighted by Gasteiger charge is -2.40. The van der Waals surface area contributed by atoms with Crippen LogP contribution in [0.1, 0.15) is 19.3 Å². The maximum absolute atomic E-state index is 10.6. The highest BCUT2D eigenvalue weighted by molar-refractivity contribution is 6.57. The van der Waals surface area contributed by atoms with Crippen LogP contribution in [0.3, 0.4) is 0 Å². The van der Waals surface area contributed by atoms with Crippen LogP contribution in [0.2, 0.25) is 0 Å². The van der Waals surface area contributed by atoms with E-state index >= 15 is 0 Å². The first kappa shape index (κ1) is 8.59. The predicted molar refractivity (Wildman–Crippen MR) is 45.3 cm³/mol. The van der Waals surface area contributed by atoms with Crippen molar-refractivity contribution >= 4 is 13.7 Å². The highest BCUT2D eigenvalue weighted by atomic mass is 16.3. The van der Waals surface area contributed by atoms with E-state index in [1.807, 2.05) is 0 Å². The first-order chi connectivity index (χ1) is 5.18. The largest absolute Gasteiger partial charge is 0.396 e. The number of aliphatic hydroxyl groups is 1. The van der Waals surface area contributed by atoms with Gasteiger partial charge in [0.2, 0.25) is 7.85 Å². The third-order valence-electron chi connectivity index (χ3n) is 2.46. The van der Waals surface area contributed by atoms with Crippen molar-refractivity contribution in [1.82, 2.24) is 5.32 Å². The Bertz CT molecular complexity index is 151. The highest BCUT2D eigenvalue weighted by Crippen LogP contribution is 2.39. The van der Waals surface area contributed by atoms with Crippen molar-refractivity contribution in [2.45, 2.75) is 19.3 Å². The van der Waals surface area contributed by atoms with E-state index in [1.54, 1.807) is 0 Å². The second kappa shape index (κ2) is 3.26. The quantitative estimate of drug-likeness (QED) is 0.539. The van der Waals surface area contributed by atoms with Gasteiger partial charge < -0.3 is 10.4 Å². The first-order valence-corrected chi connectivity index (χ1v) is 4.04. The molecule has 0 spiro atoms. The summed E-state index contributed by atoms with van der Waals surface area (Å²) in [6, 6.07) is 0. The van der Waals surface area contributed by atoms with Crippen LogP contribution in [0, 0.1) is 5.41 Å². The summed E-state index contributed by atoms with van der Waals surface area (Å²) in [5.41, 5.74) is 0.0195. The van der Waals surface area contributed by atoms with Gasteiger partial charge in [0.05, 0.1) is 6.61 Å². The monoisotopic (exact) mass is 155 g/mol. The third-order valence-corrected chi connectivity index (χ3v) is 2.46. The van der Waals surface area contributed by atoms with Crippen LogP contribution < -0.4 is 5.32 Å². The molecule has 1 aliphatic carbocycles. The molecule has 0 radical (unpaired) electrons. The molecule has 0 bridgehead atoms. The number of nitrogens with one attached hydrogen (secondary N) is 1. The Labute approximate surface area is 67.6 Å². The number of aliphatic hydroxyl groups excluding tert-OH is 1. The molecule has 0 aromatic carbocycles. The molecule has 0 aromatic heterocycles. The maximum atomic E-state index is 10.6. The van der Waals surface area contributed by atoms with E-state index in [0.717, 1.165) is 12.8 Å². The van der Waals surface area contributed by atoms with Crippen molar-refractivity contribution in [2.75, 3.05) is 13.2 Å². The molecule has 1 fully saturated rings. The van der Waals surface area contributed by atoms with Gasteiger partial charge in [-0.2, -0.15) is 0 Å². The normalized spacial score (nSPS) is 20.5. The van der Waals surface area contributed by atoms with Crippen LogP contribution in [0.25, 0.3) is 0 Å². The minimum absolute atomic E-state index is 0.00951. The fourth-order valence-corrected chi connectivity index (χ4v) is 1.38. The van der Waals surface area contributed by atoms with Crippen LogP contribution in [0.4, 0.5) is 4.79 Å². The van der Waals surface area contributed by atoms with E-state index in [1.165, 1.54) is 14.3 Å². The summed E-state index contributed by atoms with van der Waals surface area (Å²) in [6.45, 7) is 0.839. The average molecular weight is 155 g/mol. The molecule has 62 valence electrons. The Morgan fingerprint density at radius 1 is 1.64 bits per heavy atom. The summed E-state index contributed by atoms with van der Waals surface area (Å²) in [5.74, 6) is -0.00951. The molecule has 0 aromatic rings. The van der Waals surface area contributed by atoms with E-state index in [-0.39, 0.29) is 17.8 Å². The number of carbonyl (C=O) groups is 1. The van der Waals surface area contributed by atoms with E-state index < -0.39 is 0 Å². The fraction of sp³-hybridized carbons (Fsp3) is 0.857. The molecule has 11 heavy (non-hydrogen) atoms. The lowest BCUT2D eigenvalue weighted by atomic mass is 9.69. The van der Waals surface area contributed by atoms with Crippen molar-refractivity contribution in [3.63, 3.8) is 0 Å². The van der Waals surface area contributed by atoms with Crippen molar-refractivity contribution in [3.8, 4) is 0 Å². The SMILES string of the molecule is BC(=O)NCC1(CO)CCC1. The smallest absolute Gasteiger partial charge is 0.215 e. The van der Waals surface area contributed by atoms with Crippen LogP contribution in [-0.2, 0) is 0 Å².